The zero-order valence-corrected chi connectivity index (χ0v) is 5.77. The van der Waals surface area contributed by atoms with Gasteiger partial charge in [0.15, 0.2) is 0 Å². The second-order valence-electron chi connectivity index (χ2n) is 2.13. The van der Waals surface area contributed by atoms with Crippen LogP contribution >= 0.6 is 0 Å². The van der Waals surface area contributed by atoms with E-state index in [0.29, 0.717) is 0 Å². The van der Waals surface area contributed by atoms with Gasteiger partial charge in [0.25, 0.3) is 0 Å². The first-order valence-electron chi connectivity index (χ1n) is 3.27. The van der Waals surface area contributed by atoms with Gasteiger partial charge in [0.05, 0.1) is 17.5 Å². The van der Waals surface area contributed by atoms with E-state index in [2.05, 4.69) is 14.7 Å². The molecule has 2 aromatic heterocycles. The summed E-state index contributed by atoms with van der Waals surface area (Å²) in [5, 5.41) is 3.58. The van der Waals surface area contributed by atoms with Crippen LogP contribution < -0.4 is 0 Å². The van der Waals surface area contributed by atoms with Crippen molar-refractivity contribution in [3.63, 3.8) is 0 Å². The van der Waals surface area contributed by atoms with Gasteiger partial charge in [-0.25, -0.2) is 0 Å². The van der Waals surface area contributed by atoms with Crippen molar-refractivity contribution in [3.05, 3.63) is 36.9 Å². The summed E-state index contributed by atoms with van der Waals surface area (Å²) in [5.41, 5.74) is 1.79. The van der Waals surface area contributed by atoms with Crippen molar-refractivity contribution in [1.82, 2.24) is 10.1 Å². The molecule has 0 spiro atoms. The molecule has 0 radical (unpaired) electrons. The maximum Gasteiger partial charge on any atom is 0.133 e. The number of aromatic nitrogens is 2. The summed E-state index contributed by atoms with van der Waals surface area (Å²) < 4.78 is 4.68. The van der Waals surface area contributed by atoms with Gasteiger partial charge in [-0.15, -0.1) is 0 Å². The summed E-state index contributed by atoms with van der Waals surface area (Å²) in [6.07, 6.45) is 4.95. The lowest BCUT2D eigenvalue weighted by Crippen LogP contribution is -1.76. The highest BCUT2D eigenvalue weighted by atomic mass is 16.5. The van der Waals surface area contributed by atoms with Crippen molar-refractivity contribution in [2.75, 3.05) is 0 Å². The van der Waals surface area contributed by atoms with Gasteiger partial charge in [-0.05, 0) is 12.1 Å². The van der Waals surface area contributed by atoms with Crippen molar-refractivity contribution >= 4 is 0 Å². The van der Waals surface area contributed by atoms with Gasteiger partial charge in [-0.3, -0.25) is 4.98 Å². The Morgan fingerprint density at radius 1 is 1.27 bits per heavy atom. The van der Waals surface area contributed by atoms with E-state index in [-0.39, 0.29) is 0 Å². The summed E-state index contributed by atoms with van der Waals surface area (Å²) in [7, 11) is 0. The number of pyridine rings is 1. The summed E-state index contributed by atoms with van der Waals surface area (Å²) in [4.78, 5) is 4.12. The van der Waals surface area contributed by atoms with E-state index in [4.69, 9.17) is 0 Å². The molecule has 2 aromatic rings. The molecule has 2 rings (SSSR count). The fourth-order valence-corrected chi connectivity index (χ4v) is 0.865. The Bertz CT molecular complexity index is 315. The minimum absolute atomic E-state index is 0.883. The molecule has 54 valence electrons. The summed E-state index contributed by atoms with van der Waals surface area (Å²) in [6, 6.07) is 5.71. The predicted octanol–water partition coefficient (Wildman–Crippen LogP) is 1.74. The summed E-state index contributed by atoms with van der Waals surface area (Å²) in [6.45, 7) is 0. The van der Waals surface area contributed by atoms with Gasteiger partial charge in [0.2, 0.25) is 0 Å². The normalized spacial score (nSPS) is 9.82. The number of nitrogens with zero attached hydrogens (tertiary/aromatic N) is 2. The van der Waals surface area contributed by atoms with Crippen LogP contribution in [0.15, 0.2) is 41.4 Å². The van der Waals surface area contributed by atoms with E-state index in [1.807, 2.05) is 18.2 Å². The van der Waals surface area contributed by atoms with Crippen LogP contribution in [0.4, 0.5) is 0 Å². The second kappa shape index (κ2) is 2.54. The Hall–Kier alpha value is -1.64. The van der Waals surface area contributed by atoms with Crippen LogP contribution in [0.25, 0.3) is 11.3 Å². The fourth-order valence-electron chi connectivity index (χ4n) is 0.865. The van der Waals surface area contributed by atoms with Gasteiger partial charge in [0, 0.05) is 6.20 Å². The Kier molecular flexibility index (Phi) is 1.41. The third-order valence-electron chi connectivity index (χ3n) is 1.39. The molecule has 2 heterocycles. The van der Waals surface area contributed by atoms with Crippen LogP contribution in [0.1, 0.15) is 0 Å². The SMILES string of the molecule is c1ccc(-c2cnoc2)nc1. The minimum Gasteiger partial charge on any atom is -0.364 e. The van der Waals surface area contributed by atoms with Crippen molar-refractivity contribution in [2.24, 2.45) is 0 Å². The van der Waals surface area contributed by atoms with E-state index in [1.54, 1.807) is 18.7 Å². The zero-order valence-electron chi connectivity index (χ0n) is 5.77. The van der Waals surface area contributed by atoms with Crippen molar-refractivity contribution in [2.45, 2.75) is 0 Å². The molecule has 0 atom stereocenters. The molecule has 0 fully saturated rings. The molecule has 0 aromatic carbocycles. The van der Waals surface area contributed by atoms with E-state index < -0.39 is 0 Å². The molecule has 0 aliphatic carbocycles. The number of rotatable bonds is 1. The molecule has 0 saturated carbocycles. The second-order valence-corrected chi connectivity index (χ2v) is 2.13. The van der Waals surface area contributed by atoms with Gasteiger partial charge < -0.3 is 4.52 Å². The first-order valence-corrected chi connectivity index (χ1v) is 3.27. The molecule has 0 bridgehead atoms. The molecule has 0 saturated heterocycles. The lowest BCUT2D eigenvalue weighted by atomic mass is 10.2. The molecule has 0 amide bonds. The molecule has 3 heteroatoms. The van der Waals surface area contributed by atoms with E-state index >= 15 is 0 Å². The van der Waals surface area contributed by atoms with Crippen LogP contribution in [-0.2, 0) is 0 Å². The van der Waals surface area contributed by atoms with Crippen LogP contribution in [-0.4, -0.2) is 10.1 Å². The lowest BCUT2D eigenvalue weighted by Gasteiger charge is -1.90. The van der Waals surface area contributed by atoms with E-state index in [1.165, 1.54) is 0 Å². The highest BCUT2D eigenvalue weighted by molar-refractivity contribution is 5.55. The molecular formula is C8H6N2O. The average molecular weight is 146 g/mol. The zero-order chi connectivity index (χ0) is 7.52. The number of hydrogen-bond donors (Lipinski definition) is 0. The molecule has 11 heavy (non-hydrogen) atoms. The van der Waals surface area contributed by atoms with Gasteiger partial charge in [-0.2, -0.15) is 0 Å². The highest BCUT2D eigenvalue weighted by Crippen LogP contribution is 2.13. The predicted molar refractivity (Wildman–Crippen MR) is 39.7 cm³/mol. The molecular weight excluding hydrogens is 140 g/mol. The maximum atomic E-state index is 4.68. The Morgan fingerprint density at radius 2 is 2.27 bits per heavy atom. The van der Waals surface area contributed by atoms with Gasteiger partial charge >= 0.3 is 0 Å². The number of hydrogen-bond acceptors (Lipinski definition) is 3. The van der Waals surface area contributed by atoms with Crippen LogP contribution in [0.5, 0.6) is 0 Å². The Morgan fingerprint density at radius 3 is 2.91 bits per heavy atom. The van der Waals surface area contributed by atoms with Crippen LogP contribution in [0, 0.1) is 0 Å². The first-order chi connectivity index (χ1) is 5.47. The van der Waals surface area contributed by atoms with Gasteiger partial charge in [0.1, 0.15) is 6.26 Å². The summed E-state index contributed by atoms with van der Waals surface area (Å²) >= 11 is 0. The average Bonchev–Trinajstić information content (AvgIpc) is 2.58. The molecule has 3 nitrogen and oxygen atoms in total. The Balaban J connectivity index is 2.46. The molecule has 0 aliphatic heterocycles. The first kappa shape index (κ1) is 6.09. The van der Waals surface area contributed by atoms with Crippen molar-refractivity contribution < 1.29 is 4.52 Å². The molecule has 0 aliphatic rings. The fraction of sp³-hybridized carbons (Fsp3) is 0. The van der Waals surface area contributed by atoms with Gasteiger partial charge in [-0.1, -0.05) is 11.2 Å². The van der Waals surface area contributed by atoms with E-state index in [9.17, 15) is 0 Å². The third-order valence-corrected chi connectivity index (χ3v) is 1.39. The van der Waals surface area contributed by atoms with Crippen molar-refractivity contribution in [1.29, 1.82) is 0 Å². The topological polar surface area (TPSA) is 38.9 Å². The monoisotopic (exact) mass is 146 g/mol. The van der Waals surface area contributed by atoms with Crippen LogP contribution in [0.3, 0.4) is 0 Å². The molecule has 0 N–H and O–H groups in total. The summed E-state index contributed by atoms with van der Waals surface area (Å²) in [5.74, 6) is 0. The molecule has 0 unspecified atom stereocenters. The van der Waals surface area contributed by atoms with E-state index in [0.717, 1.165) is 11.3 Å². The maximum absolute atomic E-state index is 4.68. The quantitative estimate of drug-likeness (QED) is 0.615. The lowest BCUT2D eigenvalue weighted by molar-refractivity contribution is 0.420. The van der Waals surface area contributed by atoms with Crippen LogP contribution in [0.2, 0.25) is 0 Å². The highest BCUT2D eigenvalue weighted by Gasteiger charge is 1.97. The Labute approximate surface area is 63.7 Å². The standard InChI is InChI=1S/C8H6N2O/c1-2-4-9-8(3-1)7-5-10-11-6-7/h1-6H. The third kappa shape index (κ3) is 1.12. The van der Waals surface area contributed by atoms with Crippen molar-refractivity contribution in [3.8, 4) is 11.3 Å². The minimum atomic E-state index is 0.883. The smallest absolute Gasteiger partial charge is 0.133 e. The largest absolute Gasteiger partial charge is 0.364 e.